The molecule has 6 rings (SSSR count). The Labute approximate surface area is 353 Å². The van der Waals surface area contributed by atoms with Crippen LogP contribution in [0.2, 0.25) is 0 Å². The van der Waals surface area contributed by atoms with Gasteiger partial charge in [0.05, 0.1) is 30.2 Å². The number of H-pyrrole nitrogens is 1. The highest BCUT2D eigenvalue weighted by Crippen LogP contribution is 2.34. The topological polar surface area (TPSA) is 120 Å². The maximum atomic E-state index is 13.6. The van der Waals surface area contributed by atoms with Crippen molar-refractivity contribution in [3.05, 3.63) is 70.7 Å². The lowest BCUT2D eigenvalue weighted by Crippen LogP contribution is -2.51. The van der Waals surface area contributed by atoms with E-state index in [9.17, 15) is 14.4 Å². The lowest BCUT2D eigenvalue weighted by molar-refractivity contribution is -0.136. The monoisotopic (exact) mass is 826 g/mol. The number of aliphatic imine (C=N–C) groups is 1. The van der Waals surface area contributed by atoms with Crippen molar-refractivity contribution >= 4 is 94.2 Å². The van der Waals surface area contributed by atoms with Crippen LogP contribution in [0.15, 0.2) is 47.6 Å². The van der Waals surface area contributed by atoms with Gasteiger partial charge in [0, 0.05) is 48.5 Å². The molecule has 0 unspecified atom stereocenters. The Kier molecular flexibility index (Phi) is 17.8. The third-order valence-electron chi connectivity index (χ3n) is 10.8. The molecule has 4 heterocycles. The largest absolute Gasteiger partial charge is 0.453 e. The number of allylic oxidation sites excluding steroid dienone is 1. The first kappa shape index (κ1) is 47.6. The molecule has 3 aliphatic heterocycles. The van der Waals surface area contributed by atoms with E-state index in [4.69, 9.17) is 14.7 Å². The van der Waals surface area contributed by atoms with Crippen LogP contribution in [0.25, 0.3) is 16.6 Å². The van der Waals surface area contributed by atoms with Gasteiger partial charge in [-0.1, -0.05) is 58.6 Å². The van der Waals surface area contributed by atoms with Crippen LogP contribution in [0.4, 0.5) is 4.79 Å². The molecule has 3 aromatic rings. The summed E-state index contributed by atoms with van der Waals surface area (Å²) in [6.45, 7) is 13.5. The van der Waals surface area contributed by atoms with Crippen LogP contribution >= 0.6 is 54.0 Å². The fourth-order valence-corrected chi connectivity index (χ4v) is 7.33. The smallest absolute Gasteiger partial charge is 0.407 e. The molecule has 1 aromatic heterocycles. The number of nitrogens with one attached hydrogen (secondary N) is 2. The van der Waals surface area contributed by atoms with E-state index in [1.165, 1.54) is 12.7 Å². The molecule has 4 atom stereocenters. The second kappa shape index (κ2) is 20.6. The average molecular weight is 827 g/mol. The molecule has 2 aromatic carbocycles. The Balaban J connectivity index is 0.00000261. The number of fused-ring (bicyclic) bond motifs is 1. The molecule has 300 valence electrons. The zero-order valence-electron chi connectivity index (χ0n) is 32.9. The third-order valence-corrected chi connectivity index (χ3v) is 10.8. The Bertz CT molecular complexity index is 1950. The normalized spacial score (nSPS) is 18.5. The maximum absolute atomic E-state index is 13.6. The number of alkyl carbamates (subject to hydrolysis) is 1. The molecule has 3 amide bonds. The summed E-state index contributed by atoms with van der Waals surface area (Å²) in [5.41, 5.74) is 7.91. The van der Waals surface area contributed by atoms with Gasteiger partial charge in [-0.3, -0.25) is 14.6 Å². The fourth-order valence-electron chi connectivity index (χ4n) is 7.33. The lowest BCUT2D eigenvalue weighted by atomic mass is 9.94. The van der Waals surface area contributed by atoms with E-state index in [0.29, 0.717) is 12.5 Å². The number of amides is 3. The van der Waals surface area contributed by atoms with Gasteiger partial charge in [0.25, 0.3) is 0 Å². The van der Waals surface area contributed by atoms with Gasteiger partial charge in [-0.15, -0.1) is 0 Å². The average Bonchev–Trinajstić information content (AvgIpc) is 3.94. The van der Waals surface area contributed by atoms with Gasteiger partial charge in [0.1, 0.15) is 11.9 Å². The van der Waals surface area contributed by atoms with Gasteiger partial charge in [-0.2, -0.15) is 54.0 Å². The molecule has 0 spiro atoms. The standard InChI is InChI=1S/C41H50N6O4.4H2S/c1-24(2)27(6)39(48)46-18-8-10-35(46)34-22-31(23-42-34)29-15-12-28(13-16-29)14-17-30-21-33-32(20-26(30)5)43-38(44-33)36-11-9-19-47(36)40(49)37(25(3)4)45-41(50)51-7;;;;/h12-13,15-16,20-21,23-25,27,35-37H,8-11,18-19,22H2,1-7H3,(H,43,44)(H,45,50);4*1H2/t27-,35-,36-,37-;;;;/m0..../s1. The van der Waals surface area contributed by atoms with Crippen LogP contribution in [0.3, 0.4) is 0 Å². The number of ether oxygens (including phenoxy) is 1. The molecule has 14 heteroatoms. The van der Waals surface area contributed by atoms with E-state index in [1.807, 2.05) is 57.0 Å². The predicted molar refractivity (Wildman–Crippen MR) is 241 cm³/mol. The summed E-state index contributed by atoms with van der Waals surface area (Å²) in [6, 6.07) is 11.6. The second-order valence-corrected chi connectivity index (χ2v) is 14.9. The molecular weight excluding hydrogens is 769 g/mol. The number of carbonyl (C=O) groups is 3. The van der Waals surface area contributed by atoms with Crippen molar-refractivity contribution in [3.63, 3.8) is 0 Å². The van der Waals surface area contributed by atoms with Crippen LogP contribution < -0.4 is 5.32 Å². The van der Waals surface area contributed by atoms with E-state index >= 15 is 0 Å². The molecule has 10 nitrogen and oxygen atoms in total. The highest BCUT2D eigenvalue weighted by molar-refractivity contribution is 7.59. The molecule has 0 radical (unpaired) electrons. The molecular formula is C41H58N6O4S4. The number of rotatable bonds is 8. The number of imidazole rings is 1. The maximum Gasteiger partial charge on any atom is 0.407 e. The second-order valence-electron chi connectivity index (χ2n) is 14.9. The molecule has 2 N–H and O–H groups in total. The Morgan fingerprint density at radius 2 is 1.51 bits per heavy atom. The number of aryl methyl sites for hydroxylation is 1. The number of carbonyl (C=O) groups excluding carboxylic acids is 3. The van der Waals surface area contributed by atoms with Crippen molar-refractivity contribution in [1.29, 1.82) is 0 Å². The summed E-state index contributed by atoms with van der Waals surface area (Å²) < 4.78 is 4.76. The minimum atomic E-state index is -0.681. The van der Waals surface area contributed by atoms with Gasteiger partial charge in [-0.05, 0) is 85.4 Å². The number of benzene rings is 2. The zero-order valence-corrected chi connectivity index (χ0v) is 36.9. The molecule has 0 saturated carbocycles. The van der Waals surface area contributed by atoms with Crippen molar-refractivity contribution in [3.8, 4) is 11.8 Å². The van der Waals surface area contributed by atoms with Crippen molar-refractivity contribution in [2.24, 2.45) is 22.7 Å². The molecule has 55 heavy (non-hydrogen) atoms. The minimum Gasteiger partial charge on any atom is -0.453 e. The van der Waals surface area contributed by atoms with Gasteiger partial charge < -0.3 is 24.8 Å². The number of nitrogens with zero attached hydrogens (tertiary/aromatic N) is 4. The predicted octanol–water partition coefficient (Wildman–Crippen LogP) is 7.24. The summed E-state index contributed by atoms with van der Waals surface area (Å²) in [6.07, 6.45) is 5.74. The fraction of sp³-hybridized carbons (Fsp3) is 0.488. The van der Waals surface area contributed by atoms with Gasteiger partial charge >= 0.3 is 6.09 Å². The summed E-state index contributed by atoms with van der Waals surface area (Å²) >= 11 is 0. The summed E-state index contributed by atoms with van der Waals surface area (Å²) in [4.78, 5) is 55.7. The van der Waals surface area contributed by atoms with Crippen LogP contribution in [-0.4, -0.2) is 75.7 Å². The highest BCUT2D eigenvalue weighted by atomic mass is 32.1. The number of likely N-dealkylation sites (tertiary alicyclic amines) is 2. The molecule has 0 aliphatic carbocycles. The first-order chi connectivity index (χ1) is 24.4. The highest BCUT2D eigenvalue weighted by Gasteiger charge is 2.38. The molecule has 3 aliphatic rings. The summed E-state index contributed by atoms with van der Waals surface area (Å²) in [5, 5.41) is 2.71. The van der Waals surface area contributed by atoms with Crippen molar-refractivity contribution in [2.75, 3.05) is 20.2 Å². The van der Waals surface area contributed by atoms with Crippen LogP contribution in [0.5, 0.6) is 0 Å². The summed E-state index contributed by atoms with van der Waals surface area (Å²) in [5.74, 6) is 7.76. The Morgan fingerprint density at radius 1 is 0.873 bits per heavy atom. The number of hydrogen-bond acceptors (Lipinski definition) is 6. The Hall–Kier alpha value is -3.51. The van der Waals surface area contributed by atoms with Crippen LogP contribution in [0, 0.1) is 36.5 Å². The Morgan fingerprint density at radius 3 is 2.13 bits per heavy atom. The minimum absolute atomic E-state index is 0. The van der Waals surface area contributed by atoms with Crippen molar-refractivity contribution in [2.45, 2.75) is 91.8 Å². The zero-order chi connectivity index (χ0) is 36.4. The van der Waals surface area contributed by atoms with E-state index in [2.05, 4.69) is 59.1 Å². The van der Waals surface area contributed by atoms with Crippen molar-refractivity contribution < 1.29 is 19.1 Å². The number of hydrogen-bond donors (Lipinski definition) is 2. The van der Waals surface area contributed by atoms with E-state index in [-0.39, 0.29) is 89.7 Å². The first-order valence-electron chi connectivity index (χ1n) is 18.3. The first-order valence-corrected chi connectivity index (χ1v) is 18.3. The van der Waals surface area contributed by atoms with Crippen LogP contribution in [0.1, 0.15) is 101 Å². The van der Waals surface area contributed by atoms with E-state index in [1.54, 1.807) is 0 Å². The quantitative estimate of drug-likeness (QED) is 0.232. The SMILES string of the molecule is COC(=O)N[C@H](C(=O)N1CCC[C@H]1c1nc2cc(C#Cc3ccc(C4=CN=C([C@@H]5CCCN5C(=O)[C@@H](C)C(C)C)C4)cc3)c(C)cc2[nH]1)C(C)C.S.S.S.S. The number of aromatic nitrogens is 2. The summed E-state index contributed by atoms with van der Waals surface area (Å²) in [7, 11) is 1.30. The van der Waals surface area contributed by atoms with E-state index < -0.39 is 12.1 Å². The molecule has 0 bridgehead atoms. The molecule has 2 fully saturated rings. The van der Waals surface area contributed by atoms with Gasteiger partial charge in [0.2, 0.25) is 11.8 Å². The van der Waals surface area contributed by atoms with Crippen molar-refractivity contribution in [1.82, 2.24) is 25.1 Å². The van der Waals surface area contributed by atoms with Crippen LogP contribution in [-0.2, 0) is 14.3 Å². The molecule has 2 saturated heterocycles. The lowest BCUT2D eigenvalue weighted by Gasteiger charge is -2.29. The van der Waals surface area contributed by atoms with Gasteiger partial charge in [0.15, 0.2) is 0 Å². The van der Waals surface area contributed by atoms with E-state index in [0.717, 1.165) is 83.5 Å². The number of methoxy groups -OCH3 is 1. The third kappa shape index (κ3) is 10.5. The number of aromatic amines is 1. The van der Waals surface area contributed by atoms with Gasteiger partial charge in [-0.25, -0.2) is 9.78 Å².